The van der Waals surface area contributed by atoms with Crippen molar-refractivity contribution in [3.8, 4) is 5.75 Å². The van der Waals surface area contributed by atoms with Crippen LogP contribution in [0.3, 0.4) is 0 Å². The van der Waals surface area contributed by atoms with E-state index in [2.05, 4.69) is 21.0 Å². The molecule has 0 saturated heterocycles. The summed E-state index contributed by atoms with van der Waals surface area (Å²) in [6, 6.07) is 5.26. The third-order valence-electron chi connectivity index (χ3n) is 2.92. The fourth-order valence-corrected chi connectivity index (χ4v) is 2.39. The Morgan fingerprint density at radius 3 is 2.90 bits per heavy atom. The van der Waals surface area contributed by atoms with Crippen molar-refractivity contribution >= 4 is 33.8 Å². The number of carbonyl (C=O) groups excluding carboxylic acids is 1. The third-order valence-corrected chi connectivity index (χ3v) is 4.14. The van der Waals surface area contributed by atoms with Gasteiger partial charge in [0.1, 0.15) is 12.4 Å². The van der Waals surface area contributed by atoms with Crippen LogP contribution in [0.4, 0.5) is 0 Å². The van der Waals surface area contributed by atoms with Gasteiger partial charge in [-0.15, -0.1) is 0 Å². The monoisotopic (exact) mass is 356 g/mol. The molecule has 0 spiro atoms. The summed E-state index contributed by atoms with van der Waals surface area (Å²) >= 11 is 9.52. The average molecular weight is 358 g/mol. The van der Waals surface area contributed by atoms with E-state index in [9.17, 15) is 4.79 Å². The maximum absolute atomic E-state index is 10.9. The van der Waals surface area contributed by atoms with E-state index in [4.69, 9.17) is 16.3 Å². The van der Waals surface area contributed by atoms with E-state index in [0.717, 1.165) is 28.7 Å². The first-order valence-corrected chi connectivity index (χ1v) is 7.33. The molecular weight excluding hydrogens is 344 g/mol. The van der Waals surface area contributed by atoms with Gasteiger partial charge in [-0.1, -0.05) is 27.5 Å². The second kappa shape index (κ2) is 6.41. The van der Waals surface area contributed by atoms with Gasteiger partial charge >= 0.3 is 0 Å². The first-order chi connectivity index (χ1) is 9.56. The number of aldehydes is 1. The molecule has 4 nitrogen and oxygen atoms in total. The lowest BCUT2D eigenvalue weighted by molar-refractivity contribution is 0.112. The molecule has 2 aromatic rings. The number of hydrogen-bond acceptors (Lipinski definition) is 3. The Morgan fingerprint density at radius 1 is 1.50 bits per heavy atom. The molecule has 0 aliphatic heterocycles. The van der Waals surface area contributed by atoms with E-state index in [1.807, 2.05) is 18.5 Å². The van der Waals surface area contributed by atoms with Crippen molar-refractivity contribution in [2.45, 2.75) is 27.0 Å². The maximum atomic E-state index is 10.9. The van der Waals surface area contributed by atoms with E-state index in [1.165, 1.54) is 0 Å². The molecule has 0 aliphatic carbocycles. The molecule has 0 amide bonds. The Balaban J connectivity index is 2.18. The minimum absolute atomic E-state index is 0.313. The van der Waals surface area contributed by atoms with Crippen LogP contribution in [-0.4, -0.2) is 16.1 Å². The molecule has 0 saturated carbocycles. The highest BCUT2D eigenvalue weighted by Gasteiger charge is 2.13. The number of benzene rings is 1. The molecule has 106 valence electrons. The first kappa shape index (κ1) is 15.1. The Bertz CT molecular complexity index is 640. The van der Waals surface area contributed by atoms with Crippen molar-refractivity contribution in [3.05, 3.63) is 44.6 Å². The summed E-state index contributed by atoms with van der Waals surface area (Å²) in [6.45, 7) is 4.90. The van der Waals surface area contributed by atoms with E-state index in [0.29, 0.717) is 22.9 Å². The van der Waals surface area contributed by atoms with Gasteiger partial charge in [0.2, 0.25) is 0 Å². The SMILES string of the molecule is CCn1nc(C)c(Cl)c1COc1ccc(Br)c(C=O)c1. The summed E-state index contributed by atoms with van der Waals surface area (Å²) in [7, 11) is 0. The molecule has 0 atom stereocenters. The maximum Gasteiger partial charge on any atom is 0.151 e. The minimum atomic E-state index is 0.313. The van der Waals surface area contributed by atoms with Crippen molar-refractivity contribution in [1.29, 1.82) is 0 Å². The van der Waals surface area contributed by atoms with Crippen molar-refractivity contribution < 1.29 is 9.53 Å². The Hall–Kier alpha value is -1.33. The van der Waals surface area contributed by atoms with Crippen molar-refractivity contribution in [2.24, 2.45) is 0 Å². The molecule has 1 heterocycles. The lowest BCUT2D eigenvalue weighted by Gasteiger charge is -2.09. The number of rotatable bonds is 5. The average Bonchev–Trinajstić information content (AvgIpc) is 2.73. The number of aryl methyl sites for hydroxylation is 2. The number of hydrogen-bond donors (Lipinski definition) is 0. The number of carbonyl (C=O) groups is 1. The van der Waals surface area contributed by atoms with Crippen LogP contribution in [0.15, 0.2) is 22.7 Å². The van der Waals surface area contributed by atoms with Crippen molar-refractivity contribution in [2.75, 3.05) is 0 Å². The number of nitrogens with zero attached hydrogens (tertiary/aromatic N) is 2. The molecule has 0 radical (unpaired) electrons. The molecule has 0 unspecified atom stereocenters. The van der Waals surface area contributed by atoms with Crippen LogP contribution in [0.5, 0.6) is 5.75 Å². The molecule has 6 heteroatoms. The quantitative estimate of drug-likeness (QED) is 0.759. The standard InChI is InChI=1S/C14H14BrClN2O2/c1-3-18-13(14(16)9(2)17-18)8-20-11-4-5-12(15)10(6-11)7-19/h4-7H,3,8H2,1-2H3. The lowest BCUT2D eigenvalue weighted by Crippen LogP contribution is -2.06. The predicted octanol–water partition coefficient (Wildman–Crippen LogP) is 4.02. The van der Waals surface area contributed by atoms with Gasteiger partial charge in [-0.25, -0.2) is 0 Å². The highest BCUT2D eigenvalue weighted by atomic mass is 79.9. The minimum Gasteiger partial charge on any atom is -0.487 e. The zero-order valence-electron chi connectivity index (χ0n) is 11.2. The molecule has 1 aromatic carbocycles. The summed E-state index contributed by atoms with van der Waals surface area (Å²) in [5, 5.41) is 4.95. The van der Waals surface area contributed by atoms with Gasteiger partial charge < -0.3 is 4.74 Å². The summed E-state index contributed by atoms with van der Waals surface area (Å²) in [4.78, 5) is 10.9. The van der Waals surface area contributed by atoms with Gasteiger partial charge in [-0.3, -0.25) is 9.48 Å². The highest BCUT2D eigenvalue weighted by Crippen LogP contribution is 2.24. The zero-order chi connectivity index (χ0) is 14.7. The lowest BCUT2D eigenvalue weighted by atomic mass is 10.2. The van der Waals surface area contributed by atoms with E-state index in [-0.39, 0.29) is 0 Å². The fourth-order valence-electron chi connectivity index (χ4n) is 1.86. The number of ether oxygens (including phenoxy) is 1. The van der Waals surface area contributed by atoms with Crippen LogP contribution in [0, 0.1) is 6.92 Å². The zero-order valence-corrected chi connectivity index (χ0v) is 13.5. The van der Waals surface area contributed by atoms with Crippen LogP contribution in [0.2, 0.25) is 5.02 Å². The van der Waals surface area contributed by atoms with E-state index >= 15 is 0 Å². The van der Waals surface area contributed by atoms with Gasteiger partial charge in [0, 0.05) is 16.6 Å². The third kappa shape index (κ3) is 3.04. The van der Waals surface area contributed by atoms with Crippen molar-refractivity contribution in [1.82, 2.24) is 9.78 Å². The van der Waals surface area contributed by atoms with Gasteiger partial charge in [0.15, 0.2) is 6.29 Å². The van der Waals surface area contributed by atoms with Crippen LogP contribution in [0.1, 0.15) is 28.7 Å². The van der Waals surface area contributed by atoms with Crippen LogP contribution in [-0.2, 0) is 13.2 Å². The Labute approximate surface area is 130 Å². The molecule has 0 fully saturated rings. The Kier molecular flexibility index (Phi) is 4.83. The topological polar surface area (TPSA) is 44.1 Å². The summed E-state index contributed by atoms with van der Waals surface area (Å²) in [6.07, 6.45) is 0.782. The molecule has 0 bridgehead atoms. The number of aromatic nitrogens is 2. The molecule has 20 heavy (non-hydrogen) atoms. The van der Waals surface area contributed by atoms with Crippen LogP contribution in [0.25, 0.3) is 0 Å². The van der Waals surface area contributed by atoms with Gasteiger partial charge in [-0.05, 0) is 32.0 Å². The second-order valence-corrected chi connectivity index (χ2v) is 5.48. The summed E-state index contributed by atoms with van der Waals surface area (Å²) < 4.78 is 8.26. The number of halogens is 2. The largest absolute Gasteiger partial charge is 0.487 e. The van der Waals surface area contributed by atoms with E-state index < -0.39 is 0 Å². The first-order valence-electron chi connectivity index (χ1n) is 6.16. The molecular formula is C14H14BrClN2O2. The summed E-state index contributed by atoms with van der Waals surface area (Å²) in [5.74, 6) is 0.618. The van der Waals surface area contributed by atoms with Gasteiger partial charge in [-0.2, -0.15) is 5.10 Å². The second-order valence-electron chi connectivity index (χ2n) is 4.25. The van der Waals surface area contributed by atoms with Crippen molar-refractivity contribution in [3.63, 3.8) is 0 Å². The molecule has 0 N–H and O–H groups in total. The van der Waals surface area contributed by atoms with Crippen LogP contribution < -0.4 is 4.74 Å². The molecule has 0 aliphatic rings. The highest BCUT2D eigenvalue weighted by molar-refractivity contribution is 9.10. The Morgan fingerprint density at radius 2 is 2.25 bits per heavy atom. The smallest absolute Gasteiger partial charge is 0.151 e. The summed E-state index contributed by atoms with van der Waals surface area (Å²) in [5.41, 5.74) is 2.17. The molecule has 2 rings (SSSR count). The normalized spacial score (nSPS) is 10.6. The van der Waals surface area contributed by atoms with Gasteiger partial charge in [0.25, 0.3) is 0 Å². The van der Waals surface area contributed by atoms with E-state index in [1.54, 1.807) is 18.2 Å². The molecule has 1 aromatic heterocycles. The predicted molar refractivity (Wildman–Crippen MR) is 81.5 cm³/mol. The van der Waals surface area contributed by atoms with Gasteiger partial charge in [0.05, 0.1) is 16.4 Å². The fraction of sp³-hybridized carbons (Fsp3) is 0.286. The van der Waals surface area contributed by atoms with Crippen LogP contribution >= 0.6 is 27.5 Å².